The van der Waals surface area contributed by atoms with E-state index in [2.05, 4.69) is 20.4 Å². The molecule has 0 radical (unpaired) electrons. The summed E-state index contributed by atoms with van der Waals surface area (Å²) >= 11 is 0. The van der Waals surface area contributed by atoms with Crippen LogP contribution in [0.3, 0.4) is 0 Å². The molecule has 2 aliphatic carbocycles. The number of carbonyl (C=O) groups is 2. The number of amides is 2. The van der Waals surface area contributed by atoms with Gasteiger partial charge < -0.3 is 15.5 Å². The van der Waals surface area contributed by atoms with Crippen molar-refractivity contribution in [1.82, 2.24) is 15.1 Å². The molecule has 2 saturated carbocycles. The molecule has 7 heteroatoms. The smallest absolute Gasteiger partial charge is 0.243 e. The van der Waals surface area contributed by atoms with Crippen LogP contribution in [0.5, 0.6) is 0 Å². The lowest BCUT2D eigenvalue weighted by Crippen LogP contribution is -2.56. The van der Waals surface area contributed by atoms with E-state index in [1.807, 2.05) is 6.92 Å². The highest BCUT2D eigenvalue weighted by Crippen LogP contribution is 2.33. The molecule has 30 heavy (non-hydrogen) atoms. The fraction of sp³-hybridized carbons (Fsp3) is 0.652. The molecule has 5 rings (SSSR count). The minimum atomic E-state index is -0.417. The predicted molar refractivity (Wildman–Crippen MR) is 113 cm³/mol. The van der Waals surface area contributed by atoms with Crippen molar-refractivity contribution in [2.24, 2.45) is 0 Å². The van der Waals surface area contributed by atoms with E-state index in [9.17, 15) is 14.0 Å². The summed E-state index contributed by atoms with van der Waals surface area (Å²) in [4.78, 5) is 29.8. The topological polar surface area (TPSA) is 64.7 Å². The zero-order chi connectivity index (χ0) is 20.8. The molecule has 1 aromatic rings. The molecule has 0 spiro atoms. The SMILES string of the molecule is Cc1ccc(F)c2c1NC(C(=O)N[C@@H]1CCC[C@H](N3CCN(C4CC4)C(=O)C3)C1)C2. The average molecular weight is 415 g/mol. The van der Waals surface area contributed by atoms with Crippen LogP contribution in [-0.4, -0.2) is 65.4 Å². The van der Waals surface area contributed by atoms with Crippen LogP contribution in [0.1, 0.15) is 49.7 Å². The molecular formula is C23H31FN4O2. The number of carbonyl (C=O) groups excluding carboxylic acids is 2. The average Bonchev–Trinajstić information content (AvgIpc) is 3.47. The Balaban J connectivity index is 1.16. The Bertz CT molecular complexity index is 825. The summed E-state index contributed by atoms with van der Waals surface area (Å²) in [6, 6.07) is 3.77. The first-order valence-corrected chi connectivity index (χ1v) is 11.4. The van der Waals surface area contributed by atoms with Gasteiger partial charge in [0.1, 0.15) is 11.9 Å². The van der Waals surface area contributed by atoms with Gasteiger partial charge in [-0.05, 0) is 57.1 Å². The molecule has 0 bridgehead atoms. The second-order valence-electron chi connectivity index (χ2n) is 9.43. The van der Waals surface area contributed by atoms with E-state index in [4.69, 9.17) is 0 Å². The molecule has 2 aliphatic heterocycles. The molecule has 1 saturated heterocycles. The minimum absolute atomic E-state index is 0.0507. The van der Waals surface area contributed by atoms with E-state index in [1.165, 1.54) is 6.07 Å². The summed E-state index contributed by atoms with van der Waals surface area (Å²) in [5.41, 5.74) is 2.35. The molecule has 3 atom stereocenters. The number of halogens is 1. The maximum Gasteiger partial charge on any atom is 0.243 e. The Morgan fingerprint density at radius 2 is 2.00 bits per heavy atom. The van der Waals surface area contributed by atoms with Gasteiger partial charge in [-0.25, -0.2) is 4.39 Å². The third-order valence-electron chi connectivity index (χ3n) is 7.29. The highest BCUT2D eigenvalue weighted by molar-refractivity contribution is 5.88. The Kier molecular flexibility index (Phi) is 5.17. The fourth-order valence-electron chi connectivity index (χ4n) is 5.44. The van der Waals surface area contributed by atoms with Crippen LogP contribution >= 0.6 is 0 Å². The van der Waals surface area contributed by atoms with E-state index < -0.39 is 6.04 Å². The maximum atomic E-state index is 14.1. The first kappa shape index (κ1) is 19.8. The Morgan fingerprint density at radius 3 is 2.73 bits per heavy atom. The molecule has 2 heterocycles. The normalized spacial score (nSPS) is 29.5. The predicted octanol–water partition coefficient (Wildman–Crippen LogP) is 2.20. The molecule has 3 fully saturated rings. The van der Waals surface area contributed by atoms with E-state index in [1.54, 1.807) is 6.07 Å². The van der Waals surface area contributed by atoms with Crippen LogP contribution in [0.2, 0.25) is 0 Å². The lowest BCUT2D eigenvalue weighted by Gasteiger charge is -2.42. The van der Waals surface area contributed by atoms with Crippen LogP contribution in [-0.2, 0) is 16.0 Å². The third kappa shape index (κ3) is 3.80. The van der Waals surface area contributed by atoms with Crippen molar-refractivity contribution in [2.75, 3.05) is 25.0 Å². The first-order valence-electron chi connectivity index (χ1n) is 11.4. The molecular weight excluding hydrogens is 383 g/mol. The number of rotatable bonds is 4. The van der Waals surface area contributed by atoms with Gasteiger partial charge in [0.15, 0.2) is 0 Å². The summed E-state index contributed by atoms with van der Waals surface area (Å²) in [6.45, 7) is 4.22. The van der Waals surface area contributed by atoms with Crippen LogP contribution < -0.4 is 10.6 Å². The van der Waals surface area contributed by atoms with Gasteiger partial charge in [0.2, 0.25) is 11.8 Å². The summed E-state index contributed by atoms with van der Waals surface area (Å²) in [7, 11) is 0. The number of benzene rings is 1. The largest absolute Gasteiger partial charge is 0.373 e. The highest BCUT2D eigenvalue weighted by atomic mass is 19.1. The molecule has 6 nitrogen and oxygen atoms in total. The lowest BCUT2D eigenvalue weighted by molar-refractivity contribution is -0.138. The first-order chi connectivity index (χ1) is 14.5. The number of fused-ring (bicyclic) bond motifs is 1. The molecule has 1 aromatic carbocycles. The Hall–Kier alpha value is -2.15. The quantitative estimate of drug-likeness (QED) is 0.793. The Morgan fingerprint density at radius 1 is 1.17 bits per heavy atom. The fourth-order valence-corrected chi connectivity index (χ4v) is 5.44. The van der Waals surface area contributed by atoms with Gasteiger partial charge in [-0.1, -0.05) is 6.07 Å². The number of piperazine rings is 1. The second kappa shape index (κ2) is 7.84. The van der Waals surface area contributed by atoms with Crippen molar-refractivity contribution in [1.29, 1.82) is 0 Å². The van der Waals surface area contributed by atoms with E-state index in [0.29, 0.717) is 30.6 Å². The number of hydrogen-bond donors (Lipinski definition) is 2. The van der Waals surface area contributed by atoms with Crippen molar-refractivity contribution in [3.63, 3.8) is 0 Å². The van der Waals surface area contributed by atoms with Crippen molar-refractivity contribution in [3.8, 4) is 0 Å². The van der Waals surface area contributed by atoms with Crippen molar-refractivity contribution in [3.05, 3.63) is 29.1 Å². The number of aryl methyl sites for hydroxylation is 1. The summed E-state index contributed by atoms with van der Waals surface area (Å²) < 4.78 is 14.1. The minimum Gasteiger partial charge on any atom is -0.373 e. The van der Waals surface area contributed by atoms with Crippen LogP contribution in [0, 0.1) is 12.7 Å². The molecule has 0 aromatic heterocycles. The van der Waals surface area contributed by atoms with Gasteiger partial charge in [-0.15, -0.1) is 0 Å². The highest BCUT2D eigenvalue weighted by Gasteiger charge is 2.39. The summed E-state index contributed by atoms with van der Waals surface area (Å²) in [6.07, 6.45) is 6.69. The number of anilines is 1. The van der Waals surface area contributed by atoms with Crippen molar-refractivity contribution < 1.29 is 14.0 Å². The number of nitrogens with one attached hydrogen (secondary N) is 2. The zero-order valence-corrected chi connectivity index (χ0v) is 17.6. The maximum absolute atomic E-state index is 14.1. The third-order valence-corrected chi connectivity index (χ3v) is 7.29. The van der Waals surface area contributed by atoms with Gasteiger partial charge in [0.05, 0.1) is 6.54 Å². The van der Waals surface area contributed by atoms with E-state index in [0.717, 1.165) is 62.9 Å². The van der Waals surface area contributed by atoms with Crippen LogP contribution in [0.4, 0.5) is 10.1 Å². The summed E-state index contributed by atoms with van der Waals surface area (Å²) in [5.74, 6) is -0.0309. The number of nitrogens with zero attached hydrogens (tertiary/aromatic N) is 2. The standard InChI is InChI=1S/C23H31FN4O2/c1-14-5-8-19(24)18-12-20(26-22(14)18)23(30)25-15-3-2-4-17(11-15)27-9-10-28(16-6-7-16)21(29)13-27/h5,8,15-17,20,26H,2-4,6-7,9-13H2,1H3,(H,25,30)/t15-,17+,20?/m1/s1. The second-order valence-corrected chi connectivity index (χ2v) is 9.43. The van der Waals surface area contributed by atoms with Crippen molar-refractivity contribution in [2.45, 2.75) is 76.0 Å². The van der Waals surface area contributed by atoms with Crippen molar-refractivity contribution >= 4 is 17.5 Å². The van der Waals surface area contributed by atoms with Gasteiger partial charge in [-0.2, -0.15) is 0 Å². The molecule has 1 unspecified atom stereocenters. The monoisotopic (exact) mass is 414 g/mol. The number of hydrogen-bond acceptors (Lipinski definition) is 4. The molecule has 162 valence electrons. The van der Waals surface area contributed by atoms with Gasteiger partial charge in [0.25, 0.3) is 0 Å². The van der Waals surface area contributed by atoms with E-state index in [-0.39, 0.29) is 23.7 Å². The molecule has 2 N–H and O–H groups in total. The summed E-state index contributed by atoms with van der Waals surface area (Å²) in [5, 5.41) is 6.43. The van der Waals surface area contributed by atoms with Gasteiger partial charge in [0, 0.05) is 48.9 Å². The molecule has 4 aliphatic rings. The van der Waals surface area contributed by atoms with Crippen LogP contribution in [0.15, 0.2) is 12.1 Å². The Labute approximate surface area is 177 Å². The van der Waals surface area contributed by atoms with E-state index >= 15 is 0 Å². The van der Waals surface area contributed by atoms with Crippen LogP contribution in [0.25, 0.3) is 0 Å². The van der Waals surface area contributed by atoms with Gasteiger partial charge >= 0.3 is 0 Å². The molecule has 2 amide bonds. The lowest BCUT2D eigenvalue weighted by atomic mass is 9.89. The zero-order valence-electron chi connectivity index (χ0n) is 17.6. The van der Waals surface area contributed by atoms with Gasteiger partial charge in [-0.3, -0.25) is 14.5 Å².